The largest absolute Gasteiger partial charge is 0.445 e. The molecule has 0 spiro atoms. The molecule has 4 aliphatic heterocycles. The summed E-state index contributed by atoms with van der Waals surface area (Å²) < 4.78 is 76.9. The Morgan fingerprint density at radius 1 is 0.545 bits per heavy atom. The molecule has 0 unspecified atom stereocenters. The van der Waals surface area contributed by atoms with Crippen molar-refractivity contribution in [2.75, 3.05) is 70.0 Å². The number of piperazine rings is 1. The van der Waals surface area contributed by atoms with E-state index in [0.717, 1.165) is 68.0 Å². The topological polar surface area (TPSA) is 440 Å². The van der Waals surface area contributed by atoms with E-state index in [4.69, 9.17) is 21.9 Å². The number of aromatic nitrogens is 6. The van der Waals surface area contributed by atoms with Gasteiger partial charge in [-0.25, -0.2) is 55.6 Å². The molecule has 99 heavy (non-hydrogen) atoms. The van der Waals surface area contributed by atoms with E-state index in [1.165, 1.54) is 18.2 Å². The Kier molecular flexibility index (Phi) is 17.7. The molecule has 16 rings (SSSR count). The maximum Gasteiger partial charge on any atom is 0.407 e. The van der Waals surface area contributed by atoms with Crippen LogP contribution in [0, 0.1) is 70.7 Å². The zero-order chi connectivity index (χ0) is 69.1. The van der Waals surface area contributed by atoms with Crippen molar-refractivity contribution >= 4 is 104 Å². The Morgan fingerprint density at radius 3 is 1.49 bits per heavy atom. The lowest BCUT2D eigenvalue weighted by molar-refractivity contribution is -0.124. The van der Waals surface area contributed by atoms with Gasteiger partial charge in [0.15, 0.2) is 34.9 Å². The van der Waals surface area contributed by atoms with E-state index < -0.39 is 99.2 Å². The Morgan fingerprint density at radius 2 is 1.00 bits per heavy atom. The van der Waals surface area contributed by atoms with Crippen molar-refractivity contribution in [1.29, 1.82) is 0 Å². The number of amides is 8. The van der Waals surface area contributed by atoms with Gasteiger partial charge in [-0.1, -0.05) is 18.2 Å². The molecule has 35 heteroatoms. The lowest BCUT2D eigenvalue weighted by Crippen LogP contribution is -2.53. The molecular formula is C64H73F3N22O9S. The first-order valence-corrected chi connectivity index (χ1v) is 34.2. The monoisotopic (exact) mass is 1380 g/mol. The van der Waals surface area contributed by atoms with Gasteiger partial charge in [0, 0.05) is 115 Å². The Hall–Kier alpha value is -10.6. The molecule has 10 aliphatic rings. The van der Waals surface area contributed by atoms with Crippen molar-refractivity contribution in [3.63, 3.8) is 0 Å². The molecule has 6 aromatic rings. The maximum atomic E-state index is 14.8. The SMILES string of the molecule is CN1CCN(c2ccc3cc2COC(=O)N[C@@H]2C[C@@H]4C[C@H]2[C@@H](Nc2nc(ncc2F)N3)[C@H]4C(N)=O)CC1.NC(=O)[C@H]1[C@H]2C[C@H]3[C@H]1Nc1nc(ncc1F)Nc1cccc(c1)CNC(=O)N[C@@H]3C2.NC(=O)[C@H]1[C@H]2C[C@H]3[C@H]1Nc1nc(ncc1F)Nc1cccc(c1)S(=O)(=O)NC(=O)N[C@@H]3C2. The van der Waals surface area contributed by atoms with Gasteiger partial charge in [-0.05, 0) is 117 Å². The molecule has 15 atom stereocenters. The van der Waals surface area contributed by atoms with Crippen LogP contribution in [0.3, 0.4) is 0 Å². The number of urea groups is 2. The lowest BCUT2D eigenvalue weighted by atomic mass is 9.81. The van der Waals surface area contributed by atoms with Crippen molar-refractivity contribution in [3.8, 4) is 0 Å². The highest BCUT2D eigenvalue weighted by Gasteiger charge is 2.58. The van der Waals surface area contributed by atoms with Crippen molar-refractivity contribution in [1.82, 2.24) is 60.8 Å². The average Bonchev–Trinajstić information content (AvgIpc) is 1.61. The molecule has 7 heterocycles. The smallest absolute Gasteiger partial charge is 0.407 e. The van der Waals surface area contributed by atoms with Crippen LogP contribution in [0.25, 0.3) is 0 Å². The summed E-state index contributed by atoms with van der Waals surface area (Å²) in [6.45, 7) is 4.06. The molecule has 18 bridgehead atoms. The summed E-state index contributed by atoms with van der Waals surface area (Å²) in [5.74, 6) is -5.10. The Balaban J connectivity index is 0.000000127. The minimum Gasteiger partial charge on any atom is -0.445 e. The number of anilines is 10. The van der Waals surface area contributed by atoms with Crippen LogP contribution in [-0.4, -0.2) is 149 Å². The fourth-order valence-electron chi connectivity index (χ4n) is 16.6. The van der Waals surface area contributed by atoms with Gasteiger partial charge in [0.1, 0.15) is 6.61 Å². The van der Waals surface area contributed by atoms with Crippen molar-refractivity contribution in [2.45, 2.75) is 92.8 Å². The summed E-state index contributed by atoms with van der Waals surface area (Å²) in [7, 11) is -2.05. The standard InChI is InChI=1S/C25H31FN8O3.C20H22FN7O2.C19H20FN7O4S/c1-33-4-6-34(7-5-33)19-3-2-15-8-14(19)12-37-25(36)30-18-10-13-9-16(18)21(20(13)22(27)35)31-23-17(26)11-28-24(29-15)32-23;21-13-8-23-19-25-11-3-1-2-9(4-11)7-24-20(30)26-14-6-10-5-12(14)16(15(10)17(22)29)27-18(13)28-19;20-12-7-22-18-23-9-2-1-3-10(6-9)32(30,31)27-19(29)24-13-5-8-4-11(13)15(14(8)16(21)28)25-17(12)26-18/h2-3,8,11,13,16,18,20-21H,4-7,9-10,12H2,1H3,(H2,27,35)(H,30,36)(H2,28,29,31,32);1-4,8,10,12,14-16H,5-7H2,(H2,22,29)(H2,24,26,30)(H2,23,25,27,28);1-3,6-8,11,13-15H,4-5H2,(H2,21,28)(H2,24,27,29)(H2,22,23,25,26)/t13-,16+,18+,20-,21+;10-,12+,14+,15-,16+;8-,11+,13+,14-,15+/m000/s1. The maximum absolute atomic E-state index is 14.8. The summed E-state index contributed by atoms with van der Waals surface area (Å²) in [4.78, 5) is 104. The second-order valence-corrected chi connectivity index (χ2v) is 28.5. The second kappa shape index (κ2) is 26.7. The number of hydrogen-bond acceptors (Lipinski definition) is 23. The van der Waals surface area contributed by atoms with Crippen LogP contribution in [0.1, 0.15) is 49.7 Å². The summed E-state index contributed by atoms with van der Waals surface area (Å²) in [5, 5.41) is 29.8. The number of carbonyl (C=O) groups is 6. The van der Waals surface area contributed by atoms with Gasteiger partial charge < -0.3 is 84.9 Å². The number of primary amides is 3. The number of alkyl carbamates (subject to hydrolysis) is 1. The predicted molar refractivity (Wildman–Crippen MR) is 353 cm³/mol. The van der Waals surface area contributed by atoms with Gasteiger partial charge in [-0.15, -0.1) is 0 Å². The molecule has 520 valence electrons. The van der Waals surface area contributed by atoms with Crippen molar-refractivity contribution < 1.29 is 55.1 Å². The van der Waals surface area contributed by atoms with E-state index >= 15 is 0 Å². The predicted octanol–water partition coefficient (Wildman–Crippen LogP) is 3.76. The van der Waals surface area contributed by atoms with E-state index in [1.807, 2.05) is 47.2 Å². The van der Waals surface area contributed by atoms with E-state index in [1.54, 1.807) is 6.07 Å². The minimum absolute atomic E-state index is 0.00512. The first-order chi connectivity index (χ1) is 47.5. The lowest BCUT2D eigenvalue weighted by Gasteiger charge is -2.35. The minimum atomic E-state index is -4.15. The highest BCUT2D eigenvalue weighted by atomic mass is 32.2. The number of rotatable bonds is 4. The Bertz CT molecular complexity index is 4310. The Labute approximate surface area is 564 Å². The van der Waals surface area contributed by atoms with Crippen LogP contribution in [0.4, 0.5) is 85.6 Å². The number of ether oxygens (including phenoxy) is 1. The van der Waals surface area contributed by atoms with Crippen LogP contribution >= 0.6 is 0 Å². The van der Waals surface area contributed by atoms with Gasteiger partial charge in [0.25, 0.3) is 10.0 Å². The molecule has 31 nitrogen and oxygen atoms in total. The number of nitrogens with two attached hydrogens (primary N) is 3. The third kappa shape index (κ3) is 13.6. The molecular weight excluding hydrogens is 1310 g/mol. The summed E-state index contributed by atoms with van der Waals surface area (Å²) >= 11 is 0. The second-order valence-electron chi connectivity index (χ2n) is 26.8. The average molecular weight is 1380 g/mol. The van der Waals surface area contributed by atoms with Gasteiger partial charge in [-0.3, -0.25) is 14.4 Å². The number of sulfonamides is 1. The van der Waals surface area contributed by atoms with Crippen molar-refractivity contribution in [3.05, 3.63) is 114 Å². The first-order valence-electron chi connectivity index (χ1n) is 32.7. The number of benzene rings is 3. The number of nitrogens with one attached hydrogen (secondary N) is 11. The molecule has 6 saturated carbocycles. The van der Waals surface area contributed by atoms with Crippen LogP contribution in [-0.2, 0) is 42.3 Å². The molecule has 17 N–H and O–H groups in total. The van der Waals surface area contributed by atoms with Crippen molar-refractivity contribution in [2.24, 2.45) is 70.5 Å². The first kappa shape index (κ1) is 65.7. The molecule has 3 aromatic heterocycles. The summed E-state index contributed by atoms with van der Waals surface area (Å²) in [6, 6.07) is 15.5. The fraction of sp³-hybridized carbons (Fsp3) is 0.438. The van der Waals surface area contributed by atoms with E-state index in [-0.39, 0.29) is 100 Å². The van der Waals surface area contributed by atoms with Gasteiger partial charge in [0.05, 0.1) is 41.2 Å². The summed E-state index contributed by atoms with van der Waals surface area (Å²) in [6.07, 6.45) is 6.39. The number of nitrogens with zero attached hydrogens (tertiary/aromatic N) is 8. The van der Waals surface area contributed by atoms with Crippen LogP contribution in [0.5, 0.6) is 0 Å². The number of carbonyl (C=O) groups excluding carboxylic acids is 6. The third-order valence-electron chi connectivity index (χ3n) is 20.9. The molecule has 8 amide bonds. The highest BCUT2D eigenvalue weighted by molar-refractivity contribution is 7.90. The van der Waals surface area contributed by atoms with Gasteiger partial charge >= 0.3 is 18.2 Å². The highest BCUT2D eigenvalue weighted by Crippen LogP contribution is 2.52. The zero-order valence-corrected chi connectivity index (χ0v) is 54.1. The molecule has 0 radical (unpaired) electrons. The normalized spacial score (nSPS) is 29.6. The van der Waals surface area contributed by atoms with Crippen LogP contribution < -0.4 is 80.0 Å². The van der Waals surface area contributed by atoms with E-state index in [0.29, 0.717) is 55.7 Å². The van der Waals surface area contributed by atoms with Gasteiger partial charge in [-0.2, -0.15) is 15.0 Å². The fourth-order valence-corrected chi connectivity index (χ4v) is 17.6. The molecule has 1 saturated heterocycles. The third-order valence-corrected chi connectivity index (χ3v) is 22.2. The number of fused-ring (bicyclic) bond motifs is 15. The van der Waals surface area contributed by atoms with E-state index in [2.05, 4.69) is 99.9 Å². The number of cyclic esters (lactones) is 1. The molecule has 7 fully saturated rings. The number of likely N-dealkylation sites (N-methyl/N-ethyl adjacent to an activating group) is 1. The number of halogens is 3. The summed E-state index contributed by atoms with van der Waals surface area (Å²) in [5.41, 5.74) is 21.5. The number of hydrogen-bond donors (Lipinski definition) is 14. The van der Waals surface area contributed by atoms with E-state index in [9.17, 15) is 50.4 Å². The van der Waals surface area contributed by atoms with Crippen LogP contribution in [0.2, 0.25) is 0 Å². The molecule has 6 aliphatic carbocycles. The molecule has 3 aromatic carbocycles. The zero-order valence-electron chi connectivity index (χ0n) is 53.3. The quantitative estimate of drug-likeness (QED) is 0.119. The van der Waals surface area contributed by atoms with Gasteiger partial charge in [0.2, 0.25) is 35.6 Å². The van der Waals surface area contributed by atoms with Crippen LogP contribution in [0.15, 0.2) is 90.2 Å².